The first-order valence-corrected chi connectivity index (χ1v) is 7.40. The number of thioether (sulfide) groups is 1. The number of rotatable bonds is 4. The number of carbonyl (C=O) groups is 1. The molecule has 4 nitrogen and oxygen atoms in total. The number of carbonyl (C=O) groups excluding carboxylic acids is 1. The first kappa shape index (κ1) is 15.1. The first-order valence-electron chi connectivity index (χ1n) is 5.76. The van der Waals surface area contributed by atoms with Crippen molar-refractivity contribution in [1.82, 2.24) is 9.97 Å². The van der Waals surface area contributed by atoms with Crippen molar-refractivity contribution in [2.24, 2.45) is 0 Å². The fourth-order valence-corrected chi connectivity index (χ4v) is 2.47. The molecule has 20 heavy (non-hydrogen) atoms. The highest BCUT2D eigenvalue weighted by molar-refractivity contribution is 8.00. The van der Waals surface area contributed by atoms with Gasteiger partial charge in [0.15, 0.2) is 5.16 Å². The molecule has 1 atom stereocenters. The molecule has 2 rings (SSSR count). The maximum atomic E-state index is 12.1. The van der Waals surface area contributed by atoms with Crippen molar-refractivity contribution in [1.29, 1.82) is 0 Å². The van der Waals surface area contributed by atoms with Gasteiger partial charge in [-0.15, -0.1) is 0 Å². The molecule has 1 unspecified atom stereocenters. The number of benzene rings is 1. The van der Waals surface area contributed by atoms with E-state index in [4.69, 9.17) is 23.2 Å². The van der Waals surface area contributed by atoms with Gasteiger partial charge in [-0.25, -0.2) is 9.97 Å². The van der Waals surface area contributed by atoms with E-state index in [1.165, 1.54) is 11.8 Å². The van der Waals surface area contributed by atoms with Crippen LogP contribution in [0.3, 0.4) is 0 Å². The van der Waals surface area contributed by atoms with E-state index < -0.39 is 0 Å². The fraction of sp³-hybridized carbons (Fsp3) is 0.154. The van der Waals surface area contributed by atoms with Gasteiger partial charge in [-0.2, -0.15) is 0 Å². The molecule has 1 aromatic heterocycles. The van der Waals surface area contributed by atoms with Crippen LogP contribution in [0.5, 0.6) is 0 Å². The molecular weight excluding hydrogens is 317 g/mol. The van der Waals surface area contributed by atoms with Gasteiger partial charge < -0.3 is 5.32 Å². The Balaban J connectivity index is 2.03. The zero-order valence-electron chi connectivity index (χ0n) is 10.5. The Kier molecular flexibility index (Phi) is 5.23. The Labute approximate surface area is 130 Å². The summed E-state index contributed by atoms with van der Waals surface area (Å²) in [4.78, 5) is 20.2. The molecule has 0 saturated carbocycles. The van der Waals surface area contributed by atoms with Crippen LogP contribution in [0.2, 0.25) is 10.0 Å². The van der Waals surface area contributed by atoms with Crippen molar-refractivity contribution in [3.05, 3.63) is 46.7 Å². The van der Waals surface area contributed by atoms with Gasteiger partial charge in [-0.1, -0.05) is 41.0 Å². The van der Waals surface area contributed by atoms with Gasteiger partial charge in [-0.3, -0.25) is 4.79 Å². The maximum Gasteiger partial charge on any atom is 0.237 e. The van der Waals surface area contributed by atoms with E-state index in [1.807, 2.05) is 0 Å². The van der Waals surface area contributed by atoms with Crippen LogP contribution in [0, 0.1) is 0 Å². The number of nitrogens with one attached hydrogen (secondary N) is 1. The predicted octanol–water partition coefficient (Wildman–Crippen LogP) is 3.90. The van der Waals surface area contributed by atoms with Crippen LogP contribution in [0.15, 0.2) is 41.8 Å². The molecule has 104 valence electrons. The van der Waals surface area contributed by atoms with Gasteiger partial charge in [-0.05, 0) is 25.1 Å². The molecule has 0 fully saturated rings. The molecule has 0 radical (unpaired) electrons. The van der Waals surface area contributed by atoms with Gasteiger partial charge in [0.25, 0.3) is 0 Å². The molecule has 0 aliphatic carbocycles. The Morgan fingerprint density at radius 2 is 1.95 bits per heavy atom. The minimum absolute atomic E-state index is 0.188. The van der Waals surface area contributed by atoms with Crippen LogP contribution in [-0.4, -0.2) is 21.1 Å². The largest absolute Gasteiger partial charge is 0.324 e. The van der Waals surface area contributed by atoms with Crippen molar-refractivity contribution in [2.45, 2.75) is 17.3 Å². The SMILES string of the molecule is CC(Sc1ncccn1)C(=O)Nc1cccc(Cl)c1Cl. The summed E-state index contributed by atoms with van der Waals surface area (Å²) in [6.45, 7) is 1.77. The van der Waals surface area contributed by atoms with Crippen molar-refractivity contribution in [3.8, 4) is 0 Å². The second kappa shape index (κ2) is 6.92. The number of nitrogens with zero attached hydrogens (tertiary/aromatic N) is 2. The first-order chi connectivity index (χ1) is 9.58. The molecule has 1 heterocycles. The Morgan fingerprint density at radius 1 is 1.25 bits per heavy atom. The zero-order valence-corrected chi connectivity index (χ0v) is 12.8. The average Bonchev–Trinajstić information content (AvgIpc) is 2.45. The van der Waals surface area contributed by atoms with Gasteiger partial charge in [0, 0.05) is 12.4 Å². The van der Waals surface area contributed by atoms with E-state index in [2.05, 4.69) is 15.3 Å². The number of aromatic nitrogens is 2. The summed E-state index contributed by atoms with van der Waals surface area (Å²) in [6, 6.07) is 6.81. The molecule has 0 aliphatic heterocycles. The summed E-state index contributed by atoms with van der Waals surface area (Å²) in [5.41, 5.74) is 0.491. The fourth-order valence-electron chi connectivity index (χ4n) is 1.39. The minimum atomic E-state index is -0.354. The molecule has 0 saturated heterocycles. The van der Waals surface area contributed by atoms with Crippen LogP contribution in [0.25, 0.3) is 0 Å². The number of hydrogen-bond acceptors (Lipinski definition) is 4. The summed E-state index contributed by atoms with van der Waals surface area (Å²) in [7, 11) is 0. The lowest BCUT2D eigenvalue weighted by Gasteiger charge is -2.12. The lowest BCUT2D eigenvalue weighted by Crippen LogP contribution is -2.22. The third-order valence-electron chi connectivity index (χ3n) is 2.40. The van der Waals surface area contributed by atoms with Crippen LogP contribution < -0.4 is 5.32 Å². The van der Waals surface area contributed by atoms with E-state index in [-0.39, 0.29) is 11.2 Å². The van der Waals surface area contributed by atoms with E-state index in [9.17, 15) is 4.79 Å². The average molecular weight is 328 g/mol. The van der Waals surface area contributed by atoms with E-state index in [0.29, 0.717) is 20.9 Å². The van der Waals surface area contributed by atoms with Gasteiger partial charge >= 0.3 is 0 Å². The smallest absolute Gasteiger partial charge is 0.237 e. The van der Waals surface area contributed by atoms with Crippen molar-refractivity contribution in [3.63, 3.8) is 0 Å². The van der Waals surface area contributed by atoms with E-state index in [1.54, 1.807) is 43.6 Å². The van der Waals surface area contributed by atoms with E-state index in [0.717, 1.165) is 0 Å². The number of hydrogen-bond donors (Lipinski definition) is 1. The molecule has 7 heteroatoms. The summed E-state index contributed by atoms with van der Waals surface area (Å²) in [6.07, 6.45) is 3.27. The quantitative estimate of drug-likeness (QED) is 0.683. The topological polar surface area (TPSA) is 54.9 Å². The number of halogens is 2. The van der Waals surface area contributed by atoms with E-state index >= 15 is 0 Å². The number of amides is 1. The second-order valence-electron chi connectivity index (χ2n) is 3.88. The van der Waals surface area contributed by atoms with Gasteiger partial charge in [0.2, 0.25) is 5.91 Å². The lowest BCUT2D eigenvalue weighted by molar-refractivity contribution is -0.115. The zero-order chi connectivity index (χ0) is 14.5. The predicted molar refractivity (Wildman–Crippen MR) is 82.4 cm³/mol. The molecule has 0 spiro atoms. The molecule has 0 aliphatic rings. The Hall–Kier alpha value is -1.30. The lowest BCUT2D eigenvalue weighted by atomic mass is 10.3. The summed E-state index contributed by atoms with van der Waals surface area (Å²) >= 11 is 13.2. The maximum absolute atomic E-state index is 12.1. The molecule has 1 aromatic carbocycles. The molecule has 0 bridgehead atoms. The second-order valence-corrected chi connectivity index (χ2v) is 5.98. The van der Waals surface area contributed by atoms with Gasteiger partial charge in [0.1, 0.15) is 0 Å². The highest BCUT2D eigenvalue weighted by Crippen LogP contribution is 2.30. The summed E-state index contributed by atoms with van der Waals surface area (Å²) < 4.78 is 0. The molecule has 1 amide bonds. The van der Waals surface area contributed by atoms with Crippen LogP contribution in [0.4, 0.5) is 5.69 Å². The normalized spacial score (nSPS) is 11.9. The third-order valence-corrected chi connectivity index (χ3v) is 4.21. The number of anilines is 1. The van der Waals surface area contributed by atoms with Crippen molar-refractivity contribution >= 4 is 46.6 Å². The molecule has 1 N–H and O–H groups in total. The minimum Gasteiger partial charge on any atom is -0.324 e. The third kappa shape index (κ3) is 3.85. The molecular formula is C13H11Cl2N3OS. The summed E-state index contributed by atoms with van der Waals surface area (Å²) in [5, 5.41) is 3.66. The van der Waals surface area contributed by atoms with Crippen LogP contribution in [-0.2, 0) is 4.79 Å². The standard InChI is InChI=1S/C13H11Cl2N3OS/c1-8(20-13-16-6-3-7-17-13)12(19)18-10-5-2-4-9(14)11(10)15/h2-8H,1H3,(H,18,19). The molecule has 2 aromatic rings. The van der Waals surface area contributed by atoms with Crippen LogP contribution in [0.1, 0.15) is 6.92 Å². The van der Waals surface area contributed by atoms with Crippen molar-refractivity contribution < 1.29 is 4.79 Å². The highest BCUT2D eigenvalue weighted by atomic mass is 35.5. The van der Waals surface area contributed by atoms with Crippen LogP contribution >= 0.6 is 35.0 Å². The monoisotopic (exact) mass is 327 g/mol. The highest BCUT2D eigenvalue weighted by Gasteiger charge is 2.17. The van der Waals surface area contributed by atoms with Gasteiger partial charge in [0.05, 0.1) is 21.0 Å². The summed E-state index contributed by atoms with van der Waals surface area (Å²) in [5.74, 6) is -0.188. The Morgan fingerprint density at radius 3 is 2.65 bits per heavy atom. The Bertz CT molecular complexity index is 610. The van der Waals surface area contributed by atoms with Crippen molar-refractivity contribution in [2.75, 3.05) is 5.32 Å².